The van der Waals surface area contributed by atoms with Gasteiger partial charge in [-0.05, 0) is 41.6 Å². The van der Waals surface area contributed by atoms with E-state index in [9.17, 15) is 4.39 Å². The predicted octanol–water partition coefficient (Wildman–Crippen LogP) is 4.03. The number of halogens is 2. The number of hydrogen-bond acceptors (Lipinski definition) is 2. The second-order valence-corrected chi connectivity index (χ2v) is 5.84. The van der Waals surface area contributed by atoms with Crippen LogP contribution < -0.4 is 5.32 Å². The minimum Gasteiger partial charge on any atom is -0.357 e. The quantitative estimate of drug-likeness (QED) is 0.698. The van der Waals surface area contributed by atoms with Crippen LogP contribution in [0.5, 0.6) is 0 Å². The van der Waals surface area contributed by atoms with E-state index < -0.39 is 0 Å². The summed E-state index contributed by atoms with van der Waals surface area (Å²) in [5.74, 6) is -0.166. The average molecular weight is 309 g/mol. The third kappa shape index (κ3) is 2.04. The number of H-pyrrole nitrogens is 1. The van der Waals surface area contributed by atoms with Crippen LogP contribution in [0.2, 0.25) is 0 Å². The molecule has 0 amide bonds. The van der Waals surface area contributed by atoms with E-state index >= 15 is 0 Å². The van der Waals surface area contributed by atoms with Gasteiger partial charge in [-0.3, -0.25) is 0 Å². The van der Waals surface area contributed by atoms with Crippen LogP contribution in [0.25, 0.3) is 10.9 Å². The van der Waals surface area contributed by atoms with Crippen molar-refractivity contribution in [2.24, 2.45) is 0 Å². The van der Waals surface area contributed by atoms with Crippen molar-refractivity contribution in [1.29, 1.82) is 0 Å². The summed E-state index contributed by atoms with van der Waals surface area (Å²) in [5, 5.41) is 6.66. The number of aromatic nitrogens is 1. The number of benzene rings is 1. The summed E-state index contributed by atoms with van der Waals surface area (Å²) >= 11 is 1.75. The number of nitrogens with one attached hydrogen (secondary N) is 2. The van der Waals surface area contributed by atoms with E-state index in [4.69, 9.17) is 0 Å². The molecule has 1 atom stereocenters. The third-order valence-electron chi connectivity index (χ3n) is 3.74. The van der Waals surface area contributed by atoms with Gasteiger partial charge >= 0.3 is 0 Å². The standard InChI is InChI=1S/C15H13FN2S.ClH/c16-9-3-4-12-11(8-9)10-5-6-17-15(14(10)18-12)13-2-1-7-19-13;/h1-4,7-8,15,17-18H,5-6H2;1H. The minimum absolute atomic E-state index is 0. The first-order valence-corrected chi connectivity index (χ1v) is 7.27. The van der Waals surface area contributed by atoms with E-state index in [1.165, 1.54) is 22.2 Å². The first-order chi connectivity index (χ1) is 9.33. The number of aromatic amines is 1. The van der Waals surface area contributed by atoms with Crippen molar-refractivity contribution in [3.63, 3.8) is 0 Å². The fourth-order valence-corrected chi connectivity index (χ4v) is 3.71. The van der Waals surface area contributed by atoms with Crippen LogP contribution in [0.4, 0.5) is 4.39 Å². The van der Waals surface area contributed by atoms with Crippen LogP contribution in [0.3, 0.4) is 0 Å². The molecule has 2 aromatic heterocycles. The fourth-order valence-electron chi connectivity index (χ4n) is 2.90. The molecule has 0 aliphatic carbocycles. The maximum atomic E-state index is 13.4. The summed E-state index contributed by atoms with van der Waals surface area (Å²) in [6, 6.07) is 9.40. The van der Waals surface area contributed by atoms with E-state index in [0.717, 1.165) is 23.9 Å². The molecule has 0 saturated heterocycles. The maximum absolute atomic E-state index is 13.4. The van der Waals surface area contributed by atoms with Gasteiger partial charge in [0.05, 0.1) is 6.04 Å². The average Bonchev–Trinajstić information content (AvgIpc) is 3.05. The Hall–Kier alpha value is -1.36. The highest BCUT2D eigenvalue weighted by Crippen LogP contribution is 2.35. The Morgan fingerprint density at radius 3 is 2.95 bits per heavy atom. The topological polar surface area (TPSA) is 27.8 Å². The molecule has 20 heavy (non-hydrogen) atoms. The van der Waals surface area contributed by atoms with Crippen LogP contribution in [-0.4, -0.2) is 11.5 Å². The van der Waals surface area contributed by atoms with Crippen LogP contribution in [0.1, 0.15) is 22.2 Å². The van der Waals surface area contributed by atoms with Crippen molar-refractivity contribution in [3.05, 3.63) is 57.7 Å². The van der Waals surface area contributed by atoms with Crippen molar-refractivity contribution in [1.82, 2.24) is 10.3 Å². The first-order valence-electron chi connectivity index (χ1n) is 6.40. The molecule has 0 spiro atoms. The Balaban J connectivity index is 0.00000121. The molecule has 0 saturated carbocycles. The highest BCUT2D eigenvalue weighted by Gasteiger charge is 2.25. The second kappa shape index (κ2) is 5.20. The largest absolute Gasteiger partial charge is 0.357 e. The molecule has 3 heterocycles. The summed E-state index contributed by atoms with van der Waals surface area (Å²) in [4.78, 5) is 4.76. The molecule has 1 aliphatic rings. The Labute approximate surface area is 126 Å². The minimum atomic E-state index is -0.166. The molecular formula is C15H14ClFN2S. The molecule has 104 valence electrons. The number of fused-ring (bicyclic) bond motifs is 3. The second-order valence-electron chi connectivity index (χ2n) is 4.86. The van der Waals surface area contributed by atoms with E-state index in [1.807, 2.05) is 6.07 Å². The highest BCUT2D eigenvalue weighted by molar-refractivity contribution is 7.10. The zero-order valence-electron chi connectivity index (χ0n) is 10.7. The molecule has 1 unspecified atom stereocenters. The Morgan fingerprint density at radius 1 is 1.25 bits per heavy atom. The first kappa shape index (κ1) is 13.6. The van der Waals surface area contributed by atoms with Gasteiger partial charge in [0.1, 0.15) is 5.82 Å². The van der Waals surface area contributed by atoms with Gasteiger partial charge in [0.25, 0.3) is 0 Å². The van der Waals surface area contributed by atoms with Crippen LogP contribution in [0.15, 0.2) is 35.7 Å². The lowest BCUT2D eigenvalue weighted by Crippen LogP contribution is -2.29. The SMILES string of the molecule is Cl.Fc1ccc2[nH]c3c(c2c1)CCNC3c1cccs1. The monoisotopic (exact) mass is 308 g/mol. The summed E-state index contributed by atoms with van der Waals surface area (Å²) in [6.07, 6.45) is 0.945. The lowest BCUT2D eigenvalue weighted by molar-refractivity contribution is 0.567. The summed E-state index contributed by atoms with van der Waals surface area (Å²) in [6.45, 7) is 0.930. The van der Waals surface area contributed by atoms with Gasteiger partial charge in [-0.25, -0.2) is 4.39 Å². The Kier molecular flexibility index (Phi) is 3.54. The van der Waals surface area contributed by atoms with Gasteiger partial charge in [-0.15, -0.1) is 23.7 Å². The van der Waals surface area contributed by atoms with Crippen LogP contribution in [0, 0.1) is 5.82 Å². The van der Waals surface area contributed by atoms with Gasteiger partial charge in [0, 0.05) is 28.0 Å². The lowest BCUT2D eigenvalue weighted by atomic mass is 9.98. The molecule has 0 fully saturated rings. The van der Waals surface area contributed by atoms with Gasteiger partial charge < -0.3 is 10.3 Å². The van der Waals surface area contributed by atoms with Crippen molar-refractivity contribution < 1.29 is 4.39 Å². The molecule has 2 nitrogen and oxygen atoms in total. The van der Waals surface area contributed by atoms with Crippen molar-refractivity contribution in [2.75, 3.05) is 6.54 Å². The molecule has 5 heteroatoms. The molecule has 4 rings (SSSR count). The molecule has 0 bridgehead atoms. The Bertz CT molecular complexity index is 736. The highest BCUT2D eigenvalue weighted by atomic mass is 35.5. The predicted molar refractivity (Wildman–Crippen MR) is 83.4 cm³/mol. The normalized spacial score (nSPS) is 17.8. The van der Waals surface area contributed by atoms with Crippen LogP contribution in [-0.2, 0) is 6.42 Å². The van der Waals surface area contributed by atoms with Crippen molar-refractivity contribution in [2.45, 2.75) is 12.5 Å². The summed E-state index contributed by atoms with van der Waals surface area (Å²) in [5.41, 5.74) is 3.47. The number of rotatable bonds is 1. The smallest absolute Gasteiger partial charge is 0.123 e. The van der Waals surface area contributed by atoms with Gasteiger partial charge in [-0.1, -0.05) is 6.07 Å². The number of thiophene rings is 1. The zero-order valence-corrected chi connectivity index (χ0v) is 12.3. The van der Waals surface area contributed by atoms with Gasteiger partial charge in [0.15, 0.2) is 0 Å². The van der Waals surface area contributed by atoms with E-state index in [2.05, 4.69) is 27.8 Å². The zero-order chi connectivity index (χ0) is 12.8. The van der Waals surface area contributed by atoms with Gasteiger partial charge in [-0.2, -0.15) is 0 Å². The molecule has 3 aromatic rings. The third-order valence-corrected chi connectivity index (χ3v) is 4.68. The van der Waals surface area contributed by atoms with Crippen LogP contribution >= 0.6 is 23.7 Å². The summed E-state index contributed by atoms with van der Waals surface area (Å²) < 4.78 is 13.4. The molecule has 1 aromatic carbocycles. The van der Waals surface area contributed by atoms with Crippen molar-refractivity contribution >= 4 is 34.6 Å². The lowest BCUT2D eigenvalue weighted by Gasteiger charge is -2.23. The maximum Gasteiger partial charge on any atom is 0.123 e. The molecule has 2 N–H and O–H groups in total. The molecule has 0 radical (unpaired) electrons. The van der Waals surface area contributed by atoms with Gasteiger partial charge in [0.2, 0.25) is 0 Å². The number of hydrogen-bond donors (Lipinski definition) is 2. The van der Waals surface area contributed by atoms with E-state index in [-0.39, 0.29) is 24.3 Å². The van der Waals surface area contributed by atoms with E-state index in [1.54, 1.807) is 17.4 Å². The van der Waals surface area contributed by atoms with E-state index in [0.29, 0.717) is 0 Å². The molecular weight excluding hydrogens is 295 g/mol. The summed E-state index contributed by atoms with van der Waals surface area (Å²) in [7, 11) is 0. The molecule has 1 aliphatic heterocycles. The fraction of sp³-hybridized carbons (Fsp3) is 0.200. The van der Waals surface area contributed by atoms with Crippen molar-refractivity contribution in [3.8, 4) is 0 Å². The Morgan fingerprint density at radius 2 is 2.15 bits per heavy atom.